The molecule has 1 N–H and O–H groups in total. The molecule has 1 saturated heterocycles. The first kappa shape index (κ1) is 18.5. The van der Waals surface area contributed by atoms with Gasteiger partial charge in [-0.2, -0.15) is 0 Å². The van der Waals surface area contributed by atoms with E-state index in [0.29, 0.717) is 13.0 Å². The number of carbonyl (C=O) groups excluding carboxylic acids is 2. The van der Waals surface area contributed by atoms with Gasteiger partial charge in [-0.05, 0) is 50.1 Å². The third kappa shape index (κ3) is 4.67. The first-order valence-corrected chi connectivity index (χ1v) is 9.81. The Labute approximate surface area is 159 Å². The van der Waals surface area contributed by atoms with Crippen molar-refractivity contribution in [3.8, 4) is 0 Å². The predicted molar refractivity (Wildman–Crippen MR) is 106 cm³/mol. The topological polar surface area (TPSA) is 49.4 Å². The monoisotopic (exact) mass is 368 g/mol. The van der Waals surface area contributed by atoms with Gasteiger partial charge in [-0.15, -0.1) is 11.8 Å². The Bertz CT molecular complexity index is 772. The Morgan fingerprint density at radius 1 is 1.15 bits per heavy atom. The summed E-state index contributed by atoms with van der Waals surface area (Å²) in [5.41, 5.74) is 3.18. The largest absolute Gasteiger partial charge is 0.351 e. The first-order valence-electron chi connectivity index (χ1n) is 8.93. The SMILES string of the molecule is Cc1ccc(SC(C)C(=O)NCc2ccc(N3CCCC3=O)cc2)cc1. The zero-order chi connectivity index (χ0) is 18.5. The number of carbonyl (C=O) groups is 2. The average Bonchev–Trinajstić information content (AvgIpc) is 3.08. The number of hydrogen-bond donors (Lipinski definition) is 1. The molecule has 1 aliphatic heterocycles. The molecule has 0 aliphatic carbocycles. The molecule has 1 fully saturated rings. The number of rotatable bonds is 6. The molecule has 1 aliphatic rings. The fourth-order valence-corrected chi connectivity index (χ4v) is 3.81. The van der Waals surface area contributed by atoms with Crippen LogP contribution in [0.4, 0.5) is 5.69 Å². The highest BCUT2D eigenvalue weighted by Gasteiger charge is 2.21. The van der Waals surface area contributed by atoms with Crippen LogP contribution in [-0.4, -0.2) is 23.6 Å². The molecular formula is C21H24N2O2S. The van der Waals surface area contributed by atoms with Crippen molar-refractivity contribution in [2.45, 2.75) is 43.4 Å². The van der Waals surface area contributed by atoms with Crippen LogP contribution < -0.4 is 10.2 Å². The van der Waals surface area contributed by atoms with Gasteiger partial charge < -0.3 is 10.2 Å². The molecule has 4 nitrogen and oxygen atoms in total. The minimum Gasteiger partial charge on any atom is -0.351 e. The van der Waals surface area contributed by atoms with Crippen LogP contribution in [-0.2, 0) is 16.1 Å². The molecule has 2 aromatic rings. The number of amides is 2. The van der Waals surface area contributed by atoms with Gasteiger partial charge >= 0.3 is 0 Å². The van der Waals surface area contributed by atoms with Crippen LogP contribution in [0.15, 0.2) is 53.4 Å². The van der Waals surface area contributed by atoms with Gasteiger partial charge in [0.25, 0.3) is 0 Å². The van der Waals surface area contributed by atoms with E-state index < -0.39 is 0 Å². The van der Waals surface area contributed by atoms with Crippen molar-refractivity contribution in [3.63, 3.8) is 0 Å². The summed E-state index contributed by atoms with van der Waals surface area (Å²) in [5.74, 6) is 0.211. The normalized spacial score (nSPS) is 15.2. The van der Waals surface area contributed by atoms with E-state index in [1.807, 2.05) is 48.2 Å². The molecule has 0 saturated carbocycles. The van der Waals surface area contributed by atoms with Crippen molar-refractivity contribution in [3.05, 3.63) is 59.7 Å². The molecule has 0 bridgehead atoms. The summed E-state index contributed by atoms with van der Waals surface area (Å²) in [5, 5.41) is 2.83. The fourth-order valence-electron chi connectivity index (χ4n) is 2.92. The number of benzene rings is 2. The van der Waals surface area contributed by atoms with Crippen LogP contribution in [0.5, 0.6) is 0 Å². The van der Waals surface area contributed by atoms with E-state index in [1.165, 1.54) is 5.56 Å². The third-order valence-electron chi connectivity index (χ3n) is 4.49. The lowest BCUT2D eigenvalue weighted by molar-refractivity contribution is -0.120. The molecule has 1 heterocycles. The number of nitrogens with zero attached hydrogens (tertiary/aromatic N) is 1. The Balaban J connectivity index is 1.50. The van der Waals surface area contributed by atoms with Crippen LogP contribution in [0.25, 0.3) is 0 Å². The van der Waals surface area contributed by atoms with Crippen LogP contribution in [0.1, 0.15) is 30.9 Å². The van der Waals surface area contributed by atoms with Crippen LogP contribution in [0.2, 0.25) is 0 Å². The molecule has 0 spiro atoms. The van der Waals surface area contributed by atoms with E-state index in [4.69, 9.17) is 0 Å². The van der Waals surface area contributed by atoms with Gasteiger partial charge in [-0.1, -0.05) is 29.8 Å². The van der Waals surface area contributed by atoms with Gasteiger partial charge in [-0.3, -0.25) is 9.59 Å². The number of anilines is 1. The quantitative estimate of drug-likeness (QED) is 0.786. The maximum absolute atomic E-state index is 12.3. The number of hydrogen-bond acceptors (Lipinski definition) is 3. The summed E-state index contributed by atoms with van der Waals surface area (Å²) in [6.45, 7) is 5.26. The number of thioether (sulfide) groups is 1. The van der Waals surface area contributed by atoms with Crippen molar-refractivity contribution in [2.24, 2.45) is 0 Å². The average molecular weight is 369 g/mol. The van der Waals surface area contributed by atoms with Crippen LogP contribution in [0, 0.1) is 6.92 Å². The Hall–Kier alpha value is -2.27. The van der Waals surface area contributed by atoms with E-state index in [-0.39, 0.29) is 17.1 Å². The van der Waals surface area contributed by atoms with Crippen molar-refractivity contribution < 1.29 is 9.59 Å². The van der Waals surface area contributed by atoms with Crippen LogP contribution >= 0.6 is 11.8 Å². The molecule has 1 unspecified atom stereocenters. The van der Waals surface area contributed by atoms with Gasteiger partial charge in [0.2, 0.25) is 11.8 Å². The highest BCUT2D eigenvalue weighted by Crippen LogP contribution is 2.24. The van der Waals surface area contributed by atoms with E-state index in [2.05, 4.69) is 24.4 Å². The van der Waals surface area contributed by atoms with Crippen molar-refractivity contribution >= 4 is 29.3 Å². The molecule has 26 heavy (non-hydrogen) atoms. The van der Waals surface area contributed by atoms with E-state index in [1.54, 1.807) is 11.8 Å². The molecule has 5 heteroatoms. The predicted octanol–water partition coefficient (Wildman–Crippen LogP) is 3.92. The standard InChI is InChI=1S/C21H24N2O2S/c1-15-5-11-19(12-6-15)26-16(2)21(25)22-14-17-7-9-18(10-8-17)23-13-3-4-20(23)24/h5-12,16H,3-4,13-14H2,1-2H3,(H,22,25). The van der Waals surface area contributed by atoms with Gasteiger partial charge in [-0.25, -0.2) is 0 Å². The molecule has 2 amide bonds. The number of nitrogens with one attached hydrogen (secondary N) is 1. The molecular weight excluding hydrogens is 344 g/mol. The van der Waals surface area contributed by atoms with Crippen molar-refractivity contribution in [1.29, 1.82) is 0 Å². The third-order valence-corrected chi connectivity index (χ3v) is 5.60. The van der Waals surface area contributed by atoms with Gasteiger partial charge in [0.15, 0.2) is 0 Å². The second-order valence-corrected chi connectivity index (χ2v) is 8.02. The molecule has 0 aromatic heterocycles. The summed E-state index contributed by atoms with van der Waals surface area (Å²) < 4.78 is 0. The summed E-state index contributed by atoms with van der Waals surface area (Å²) in [4.78, 5) is 27.0. The van der Waals surface area contributed by atoms with E-state index in [0.717, 1.165) is 29.1 Å². The van der Waals surface area contributed by atoms with Crippen LogP contribution in [0.3, 0.4) is 0 Å². The Morgan fingerprint density at radius 3 is 2.46 bits per heavy atom. The maximum atomic E-state index is 12.3. The van der Waals surface area contributed by atoms with Gasteiger partial charge in [0.1, 0.15) is 0 Å². The van der Waals surface area contributed by atoms with Gasteiger partial charge in [0, 0.05) is 30.1 Å². The minimum atomic E-state index is -0.154. The molecule has 2 aromatic carbocycles. The van der Waals surface area contributed by atoms with Gasteiger partial charge in [0.05, 0.1) is 5.25 Å². The zero-order valence-electron chi connectivity index (χ0n) is 15.2. The smallest absolute Gasteiger partial charge is 0.233 e. The Morgan fingerprint density at radius 2 is 1.85 bits per heavy atom. The lowest BCUT2D eigenvalue weighted by Gasteiger charge is -2.16. The summed E-state index contributed by atoms with van der Waals surface area (Å²) in [7, 11) is 0. The van der Waals surface area contributed by atoms with Crippen molar-refractivity contribution in [1.82, 2.24) is 5.32 Å². The second-order valence-electron chi connectivity index (χ2n) is 6.61. The molecule has 3 rings (SSSR count). The number of aryl methyl sites for hydroxylation is 1. The summed E-state index contributed by atoms with van der Waals surface area (Å²) >= 11 is 1.56. The fraction of sp³-hybridized carbons (Fsp3) is 0.333. The van der Waals surface area contributed by atoms with Crippen molar-refractivity contribution in [2.75, 3.05) is 11.4 Å². The summed E-state index contributed by atoms with van der Waals surface area (Å²) in [6.07, 6.45) is 1.56. The first-order chi connectivity index (χ1) is 12.5. The molecule has 1 atom stereocenters. The molecule has 0 radical (unpaired) electrons. The van der Waals surface area contributed by atoms with E-state index in [9.17, 15) is 9.59 Å². The maximum Gasteiger partial charge on any atom is 0.233 e. The lowest BCUT2D eigenvalue weighted by Crippen LogP contribution is -2.30. The lowest BCUT2D eigenvalue weighted by atomic mass is 10.2. The highest BCUT2D eigenvalue weighted by atomic mass is 32.2. The Kier molecular flexibility index (Phi) is 5.99. The summed E-state index contributed by atoms with van der Waals surface area (Å²) in [6, 6.07) is 16.0. The minimum absolute atomic E-state index is 0.0226. The molecule has 136 valence electrons. The highest BCUT2D eigenvalue weighted by molar-refractivity contribution is 8.00. The second kappa shape index (κ2) is 8.41. The van der Waals surface area contributed by atoms with E-state index >= 15 is 0 Å². The zero-order valence-corrected chi connectivity index (χ0v) is 16.0.